The first-order chi connectivity index (χ1) is 8.38. The lowest BCUT2D eigenvalue weighted by Gasteiger charge is -2.07. The van der Waals surface area contributed by atoms with Crippen molar-refractivity contribution in [2.75, 3.05) is 7.05 Å². The summed E-state index contributed by atoms with van der Waals surface area (Å²) in [7, 11) is 1.93. The van der Waals surface area contributed by atoms with Crippen LogP contribution in [0.4, 0.5) is 0 Å². The lowest BCUT2D eigenvalue weighted by Crippen LogP contribution is -2.10. The van der Waals surface area contributed by atoms with E-state index < -0.39 is 0 Å². The van der Waals surface area contributed by atoms with Gasteiger partial charge in [-0.15, -0.1) is 0 Å². The standard InChI is InChI=1S/C11H14N6/c1-12-4-8-5-13-10(11-14-6-15-17-11)16-9(8)7-2-3-7/h5-7,12H,2-4H2,1H3,(H,14,15,17). The van der Waals surface area contributed by atoms with Crippen LogP contribution in [0.2, 0.25) is 0 Å². The molecule has 6 nitrogen and oxygen atoms in total. The Bertz CT molecular complexity index is 503. The van der Waals surface area contributed by atoms with E-state index in [1.165, 1.54) is 24.7 Å². The SMILES string of the molecule is CNCc1cnc(-c2ncn[nH]2)nc1C1CC1. The molecule has 2 aromatic rings. The molecule has 0 atom stereocenters. The molecule has 0 radical (unpaired) electrons. The maximum absolute atomic E-state index is 4.61. The van der Waals surface area contributed by atoms with Gasteiger partial charge in [-0.05, 0) is 19.9 Å². The second-order valence-corrected chi connectivity index (χ2v) is 4.24. The van der Waals surface area contributed by atoms with Crippen molar-refractivity contribution in [3.05, 3.63) is 23.8 Å². The Balaban J connectivity index is 1.99. The lowest BCUT2D eigenvalue weighted by molar-refractivity contribution is 0.783. The predicted molar refractivity (Wildman–Crippen MR) is 62.1 cm³/mol. The van der Waals surface area contributed by atoms with Crippen LogP contribution in [0.25, 0.3) is 11.6 Å². The van der Waals surface area contributed by atoms with E-state index in [9.17, 15) is 0 Å². The zero-order valence-corrected chi connectivity index (χ0v) is 9.64. The number of hydrogen-bond acceptors (Lipinski definition) is 5. The molecule has 1 saturated carbocycles. The van der Waals surface area contributed by atoms with E-state index >= 15 is 0 Å². The Morgan fingerprint density at radius 3 is 2.94 bits per heavy atom. The Hall–Kier alpha value is -1.82. The molecule has 2 N–H and O–H groups in total. The van der Waals surface area contributed by atoms with E-state index in [1.54, 1.807) is 0 Å². The highest BCUT2D eigenvalue weighted by Crippen LogP contribution is 2.40. The van der Waals surface area contributed by atoms with Crippen molar-refractivity contribution in [1.29, 1.82) is 0 Å². The molecule has 0 saturated heterocycles. The second-order valence-electron chi connectivity index (χ2n) is 4.24. The highest BCUT2D eigenvalue weighted by Gasteiger charge is 2.28. The van der Waals surface area contributed by atoms with Crippen LogP contribution in [0, 0.1) is 0 Å². The maximum Gasteiger partial charge on any atom is 0.197 e. The molecule has 3 rings (SSSR count). The van der Waals surface area contributed by atoms with E-state index in [1.807, 2.05) is 13.2 Å². The van der Waals surface area contributed by atoms with Crippen LogP contribution in [-0.4, -0.2) is 32.2 Å². The van der Waals surface area contributed by atoms with Crippen LogP contribution < -0.4 is 5.32 Å². The maximum atomic E-state index is 4.61. The highest BCUT2D eigenvalue weighted by atomic mass is 15.2. The quantitative estimate of drug-likeness (QED) is 0.814. The van der Waals surface area contributed by atoms with Crippen LogP contribution in [-0.2, 0) is 6.54 Å². The number of aromatic amines is 1. The summed E-state index contributed by atoms with van der Waals surface area (Å²) in [6.45, 7) is 0.808. The van der Waals surface area contributed by atoms with Crippen LogP contribution >= 0.6 is 0 Å². The van der Waals surface area contributed by atoms with Gasteiger partial charge in [0.2, 0.25) is 0 Å². The molecular weight excluding hydrogens is 216 g/mol. The van der Waals surface area contributed by atoms with Crippen molar-refractivity contribution in [2.24, 2.45) is 0 Å². The molecule has 0 aromatic carbocycles. The first-order valence-corrected chi connectivity index (χ1v) is 5.74. The van der Waals surface area contributed by atoms with Gasteiger partial charge in [0, 0.05) is 24.2 Å². The molecule has 2 heterocycles. The van der Waals surface area contributed by atoms with Gasteiger partial charge < -0.3 is 5.32 Å². The monoisotopic (exact) mass is 230 g/mol. The first-order valence-electron chi connectivity index (χ1n) is 5.74. The third-order valence-electron chi connectivity index (χ3n) is 2.86. The Kier molecular flexibility index (Phi) is 2.56. The molecular formula is C11H14N6. The number of nitrogens with one attached hydrogen (secondary N) is 2. The van der Waals surface area contributed by atoms with E-state index in [2.05, 4.69) is 30.5 Å². The fourth-order valence-corrected chi connectivity index (χ4v) is 1.88. The van der Waals surface area contributed by atoms with Crippen molar-refractivity contribution in [3.8, 4) is 11.6 Å². The van der Waals surface area contributed by atoms with Gasteiger partial charge in [-0.3, -0.25) is 5.10 Å². The first kappa shape index (κ1) is 10.3. The van der Waals surface area contributed by atoms with Gasteiger partial charge in [-0.2, -0.15) is 5.10 Å². The minimum Gasteiger partial charge on any atom is -0.316 e. The number of aromatic nitrogens is 5. The molecule has 1 aliphatic rings. The Morgan fingerprint density at radius 1 is 1.41 bits per heavy atom. The number of rotatable bonds is 4. The van der Waals surface area contributed by atoms with Crippen LogP contribution in [0.3, 0.4) is 0 Å². The van der Waals surface area contributed by atoms with Crippen molar-refractivity contribution < 1.29 is 0 Å². The Morgan fingerprint density at radius 2 is 2.29 bits per heavy atom. The minimum atomic E-state index is 0.600. The molecule has 1 fully saturated rings. The summed E-state index contributed by atoms with van der Waals surface area (Å²) in [5.41, 5.74) is 2.33. The van der Waals surface area contributed by atoms with Crippen LogP contribution in [0.1, 0.15) is 30.0 Å². The third-order valence-corrected chi connectivity index (χ3v) is 2.86. The predicted octanol–water partition coefficient (Wildman–Crippen LogP) is 0.858. The summed E-state index contributed by atoms with van der Waals surface area (Å²) < 4.78 is 0. The van der Waals surface area contributed by atoms with Gasteiger partial charge >= 0.3 is 0 Å². The van der Waals surface area contributed by atoms with Gasteiger partial charge in [-0.1, -0.05) is 0 Å². The van der Waals surface area contributed by atoms with Crippen molar-refractivity contribution >= 4 is 0 Å². The Labute approximate surface area is 98.9 Å². The zero-order chi connectivity index (χ0) is 11.7. The molecule has 0 spiro atoms. The number of hydrogen-bond donors (Lipinski definition) is 2. The zero-order valence-electron chi connectivity index (χ0n) is 9.64. The molecule has 1 aliphatic carbocycles. The van der Waals surface area contributed by atoms with Gasteiger partial charge in [0.1, 0.15) is 6.33 Å². The van der Waals surface area contributed by atoms with E-state index in [0.29, 0.717) is 17.6 Å². The summed E-state index contributed by atoms with van der Waals surface area (Å²) in [6, 6.07) is 0. The van der Waals surface area contributed by atoms with Crippen LogP contribution in [0.15, 0.2) is 12.5 Å². The minimum absolute atomic E-state index is 0.600. The van der Waals surface area contributed by atoms with Crippen molar-refractivity contribution in [2.45, 2.75) is 25.3 Å². The van der Waals surface area contributed by atoms with Gasteiger partial charge in [0.05, 0.1) is 5.69 Å². The van der Waals surface area contributed by atoms with Crippen LogP contribution in [0.5, 0.6) is 0 Å². The summed E-state index contributed by atoms with van der Waals surface area (Å²) in [5, 5.41) is 9.75. The fourth-order valence-electron chi connectivity index (χ4n) is 1.88. The highest BCUT2D eigenvalue weighted by molar-refractivity contribution is 5.43. The fraction of sp³-hybridized carbons (Fsp3) is 0.455. The molecule has 6 heteroatoms. The summed E-state index contributed by atoms with van der Waals surface area (Å²) in [6.07, 6.45) is 5.80. The molecule has 2 aromatic heterocycles. The smallest absolute Gasteiger partial charge is 0.197 e. The summed E-state index contributed by atoms with van der Waals surface area (Å²) in [4.78, 5) is 13.0. The van der Waals surface area contributed by atoms with E-state index in [-0.39, 0.29) is 0 Å². The molecule has 0 aliphatic heterocycles. The third kappa shape index (κ3) is 2.03. The molecule has 0 unspecified atom stereocenters. The van der Waals surface area contributed by atoms with Crippen molar-refractivity contribution in [1.82, 2.24) is 30.5 Å². The molecule has 0 amide bonds. The van der Waals surface area contributed by atoms with E-state index in [4.69, 9.17) is 0 Å². The van der Waals surface area contributed by atoms with E-state index in [0.717, 1.165) is 12.2 Å². The number of nitrogens with zero attached hydrogens (tertiary/aromatic N) is 4. The molecule has 0 bridgehead atoms. The number of H-pyrrole nitrogens is 1. The molecule has 88 valence electrons. The largest absolute Gasteiger partial charge is 0.316 e. The summed E-state index contributed by atoms with van der Waals surface area (Å²) in [5.74, 6) is 1.86. The second kappa shape index (κ2) is 4.21. The lowest BCUT2D eigenvalue weighted by atomic mass is 10.1. The van der Waals surface area contributed by atoms with Gasteiger partial charge in [0.15, 0.2) is 11.6 Å². The average molecular weight is 230 g/mol. The summed E-state index contributed by atoms with van der Waals surface area (Å²) >= 11 is 0. The van der Waals surface area contributed by atoms with Crippen molar-refractivity contribution in [3.63, 3.8) is 0 Å². The molecule has 17 heavy (non-hydrogen) atoms. The topological polar surface area (TPSA) is 79.4 Å². The normalized spacial score (nSPS) is 15.1. The van der Waals surface area contributed by atoms with Gasteiger partial charge in [-0.25, -0.2) is 15.0 Å². The van der Waals surface area contributed by atoms with Gasteiger partial charge in [0.25, 0.3) is 0 Å². The average Bonchev–Trinajstić information content (AvgIpc) is 3.05.